The molecule has 1 aliphatic carbocycles. The van der Waals surface area contributed by atoms with E-state index in [1.165, 1.54) is 0 Å². The van der Waals surface area contributed by atoms with Gasteiger partial charge in [-0.05, 0) is 54.0 Å². The van der Waals surface area contributed by atoms with Crippen LogP contribution in [0, 0.1) is 29.5 Å². The van der Waals surface area contributed by atoms with Crippen LogP contribution in [0.15, 0.2) is 18.2 Å². The molecule has 0 radical (unpaired) electrons. The first-order valence-electron chi connectivity index (χ1n) is 6.66. The lowest BCUT2D eigenvalue weighted by molar-refractivity contribution is 0.435. The Balaban J connectivity index is 2.36. The Morgan fingerprint density at radius 1 is 1.11 bits per heavy atom. The van der Waals surface area contributed by atoms with Gasteiger partial charge in [-0.2, -0.15) is 0 Å². The average Bonchev–Trinajstić information content (AvgIpc) is 2.61. The fraction of sp³-hybridized carbons (Fsp3) is 0.625. The van der Waals surface area contributed by atoms with E-state index in [-0.39, 0.29) is 11.9 Å². The summed E-state index contributed by atoms with van der Waals surface area (Å²) in [6, 6.07) is 5.57. The molecule has 1 aromatic carbocycles. The van der Waals surface area contributed by atoms with Gasteiger partial charge in [0.15, 0.2) is 0 Å². The zero-order valence-electron chi connectivity index (χ0n) is 12.3. The molecule has 1 N–H and O–H groups in total. The lowest BCUT2D eigenvalue weighted by Gasteiger charge is -2.20. The van der Waals surface area contributed by atoms with Crippen molar-refractivity contribution in [1.29, 1.82) is 0 Å². The Bertz CT molecular complexity index is 428. The molecule has 0 bridgehead atoms. The topological polar surface area (TPSA) is 12.0 Å². The summed E-state index contributed by atoms with van der Waals surface area (Å²) in [5, 5.41) is 3.38. The highest BCUT2D eigenvalue weighted by Gasteiger charge is 2.67. The second-order valence-corrected chi connectivity index (χ2v) is 6.75. The molecule has 0 heterocycles. The maximum atomic E-state index is 13.6. The minimum absolute atomic E-state index is 0.137. The standard InChI is InChI=1S/C16H24FN/c1-10-7-11(9-12(17)8-10)13(18-6)14-15(2,3)16(14,4)5/h7-9,13-14,18H,1-6H3. The first kappa shape index (κ1) is 13.5. The average molecular weight is 249 g/mol. The van der Waals surface area contributed by atoms with Crippen LogP contribution in [0.1, 0.15) is 44.9 Å². The Kier molecular flexibility index (Phi) is 3.05. The van der Waals surface area contributed by atoms with Crippen molar-refractivity contribution in [3.8, 4) is 0 Å². The summed E-state index contributed by atoms with van der Waals surface area (Å²) in [5.74, 6) is 0.401. The Labute approximate surface area is 110 Å². The van der Waals surface area contributed by atoms with E-state index in [1.54, 1.807) is 12.1 Å². The van der Waals surface area contributed by atoms with Gasteiger partial charge in [0.2, 0.25) is 0 Å². The summed E-state index contributed by atoms with van der Waals surface area (Å²) in [6.45, 7) is 11.1. The molecular weight excluding hydrogens is 225 g/mol. The van der Waals surface area contributed by atoms with E-state index in [0.29, 0.717) is 16.7 Å². The molecule has 0 amide bonds. The van der Waals surface area contributed by atoms with Crippen LogP contribution in [-0.4, -0.2) is 7.05 Å². The molecule has 1 atom stereocenters. The second kappa shape index (κ2) is 4.06. The molecule has 1 aliphatic rings. The SMILES string of the molecule is CNC(c1cc(C)cc(F)c1)C1C(C)(C)C1(C)C. The largest absolute Gasteiger partial charge is 0.313 e. The quantitative estimate of drug-likeness (QED) is 0.851. The second-order valence-electron chi connectivity index (χ2n) is 6.75. The molecule has 0 aromatic heterocycles. The third-order valence-electron chi connectivity index (χ3n) is 5.20. The van der Waals surface area contributed by atoms with E-state index in [0.717, 1.165) is 11.1 Å². The zero-order chi connectivity index (χ0) is 13.7. The van der Waals surface area contributed by atoms with Crippen molar-refractivity contribution in [2.75, 3.05) is 7.05 Å². The van der Waals surface area contributed by atoms with E-state index in [1.807, 2.05) is 14.0 Å². The summed E-state index contributed by atoms with van der Waals surface area (Å²) in [6.07, 6.45) is 0. The third kappa shape index (κ3) is 1.87. The van der Waals surface area contributed by atoms with Gasteiger partial charge in [0, 0.05) is 6.04 Å². The summed E-state index contributed by atoms with van der Waals surface area (Å²) in [4.78, 5) is 0. The smallest absolute Gasteiger partial charge is 0.123 e. The van der Waals surface area contributed by atoms with Gasteiger partial charge in [0.25, 0.3) is 0 Å². The van der Waals surface area contributed by atoms with Gasteiger partial charge in [-0.25, -0.2) is 4.39 Å². The van der Waals surface area contributed by atoms with Crippen molar-refractivity contribution < 1.29 is 4.39 Å². The van der Waals surface area contributed by atoms with Crippen molar-refractivity contribution >= 4 is 0 Å². The van der Waals surface area contributed by atoms with Crippen LogP contribution in [0.25, 0.3) is 0 Å². The molecule has 2 heteroatoms. The van der Waals surface area contributed by atoms with Gasteiger partial charge in [0.1, 0.15) is 5.82 Å². The van der Waals surface area contributed by atoms with Crippen molar-refractivity contribution in [1.82, 2.24) is 5.32 Å². The molecule has 100 valence electrons. The van der Waals surface area contributed by atoms with Crippen LogP contribution in [-0.2, 0) is 0 Å². The van der Waals surface area contributed by atoms with E-state index < -0.39 is 0 Å². The van der Waals surface area contributed by atoms with Gasteiger partial charge < -0.3 is 5.32 Å². The van der Waals surface area contributed by atoms with E-state index in [4.69, 9.17) is 0 Å². The molecule has 0 spiro atoms. The zero-order valence-corrected chi connectivity index (χ0v) is 12.3. The fourth-order valence-corrected chi connectivity index (χ4v) is 3.55. The van der Waals surface area contributed by atoms with E-state index >= 15 is 0 Å². The van der Waals surface area contributed by atoms with Crippen LogP contribution in [0.2, 0.25) is 0 Å². The predicted octanol–water partition coefficient (Wildman–Crippen LogP) is 4.08. The lowest BCUT2D eigenvalue weighted by atomic mass is 9.95. The first-order valence-corrected chi connectivity index (χ1v) is 6.66. The van der Waals surface area contributed by atoms with Crippen LogP contribution in [0.5, 0.6) is 0 Å². The summed E-state index contributed by atoms with van der Waals surface area (Å²) in [5.41, 5.74) is 2.64. The van der Waals surface area contributed by atoms with E-state index in [9.17, 15) is 4.39 Å². The number of hydrogen-bond donors (Lipinski definition) is 1. The molecule has 2 rings (SSSR count). The monoisotopic (exact) mass is 249 g/mol. The highest BCUT2D eigenvalue weighted by molar-refractivity contribution is 5.31. The molecule has 0 aliphatic heterocycles. The van der Waals surface area contributed by atoms with E-state index in [2.05, 4.69) is 39.1 Å². The van der Waals surface area contributed by atoms with Crippen LogP contribution < -0.4 is 5.32 Å². The molecule has 1 nitrogen and oxygen atoms in total. The van der Waals surface area contributed by atoms with Gasteiger partial charge >= 0.3 is 0 Å². The maximum absolute atomic E-state index is 13.6. The van der Waals surface area contributed by atoms with Crippen molar-refractivity contribution in [3.05, 3.63) is 35.1 Å². The van der Waals surface area contributed by atoms with Crippen molar-refractivity contribution in [2.24, 2.45) is 16.7 Å². The van der Waals surface area contributed by atoms with Gasteiger partial charge in [-0.3, -0.25) is 0 Å². The van der Waals surface area contributed by atoms with Crippen LogP contribution in [0.3, 0.4) is 0 Å². The summed E-state index contributed by atoms with van der Waals surface area (Å²) in [7, 11) is 1.97. The fourth-order valence-electron chi connectivity index (χ4n) is 3.55. The van der Waals surface area contributed by atoms with Gasteiger partial charge in [-0.1, -0.05) is 33.8 Å². The third-order valence-corrected chi connectivity index (χ3v) is 5.20. The van der Waals surface area contributed by atoms with Gasteiger partial charge in [0.05, 0.1) is 0 Å². The lowest BCUT2D eigenvalue weighted by Crippen LogP contribution is -2.21. The number of benzene rings is 1. The van der Waals surface area contributed by atoms with Crippen LogP contribution in [0.4, 0.5) is 4.39 Å². The van der Waals surface area contributed by atoms with Crippen molar-refractivity contribution in [2.45, 2.75) is 40.7 Å². The number of aryl methyl sites for hydroxylation is 1. The highest BCUT2D eigenvalue weighted by Crippen LogP contribution is 2.72. The highest BCUT2D eigenvalue weighted by atomic mass is 19.1. The predicted molar refractivity (Wildman–Crippen MR) is 74.0 cm³/mol. The van der Waals surface area contributed by atoms with Crippen LogP contribution >= 0.6 is 0 Å². The minimum atomic E-state index is -0.137. The Morgan fingerprint density at radius 2 is 1.67 bits per heavy atom. The number of nitrogens with one attached hydrogen (secondary N) is 1. The Morgan fingerprint density at radius 3 is 2.06 bits per heavy atom. The normalized spacial score (nSPS) is 22.8. The molecule has 1 fully saturated rings. The molecular formula is C16H24FN. The molecule has 1 aromatic rings. The maximum Gasteiger partial charge on any atom is 0.123 e. The molecule has 1 unspecified atom stereocenters. The molecule has 0 saturated heterocycles. The minimum Gasteiger partial charge on any atom is -0.313 e. The number of hydrogen-bond acceptors (Lipinski definition) is 1. The summed E-state index contributed by atoms with van der Waals surface area (Å²) >= 11 is 0. The number of halogens is 1. The molecule has 1 saturated carbocycles. The Hall–Kier alpha value is -0.890. The first-order chi connectivity index (χ1) is 8.21. The summed E-state index contributed by atoms with van der Waals surface area (Å²) < 4.78 is 13.6. The van der Waals surface area contributed by atoms with Gasteiger partial charge in [-0.15, -0.1) is 0 Å². The van der Waals surface area contributed by atoms with Crippen molar-refractivity contribution in [3.63, 3.8) is 0 Å². The number of rotatable bonds is 3. The molecule has 18 heavy (non-hydrogen) atoms.